The second kappa shape index (κ2) is 4.27. The fraction of sp³-hybridized carbons (Fsp3) is 0.0909. The minimum absolute atomic E-state index is 0. The van der Waals surface area contributed by atoms with Crippen LogP contribution in [0.15, 0.2) is 59.8 Å². The Kier molecular flexibility index (Phi) is 3.30. The molecule has 12 heavy (non-hydrogen) atoms. The fourth-order valence-electron chi connectivity index (χ4n) is 1.31. The molecular formula is C11H11Br. The maximum absolute atomic E-state index is 2.18. The molecule has 0 unspecified atom stereocenters. The van der Waals surface area contributed by atoms with Crippen molar-refractivity contribution in [3.05, 3.63) is 59.8 Å². The maximum Gasteiger partial charge on any atom is -0.00884 e. The fourth-order valence-corrected chi connectivity index (χ4v) is 1.31. The molecule has 0 aromatic rings. The number of fused-ring (bicyclic) bond motifs is 1. The minimum Gasteiger partial charge on any atom is -0.114 e. The van der Waals surface area contributed by atoms with Gasteiger partial charge in [-0.2, -0.15) is 0 Å². The van der Waals surface area contributed by atoms with Gasteiger partial charge in [-0.1, -0.05) is 48.6 Å². The van der Waals surface area contributed by atoms with Crippen LogP contribution in [-0.2, 0) is 0 Å². The molecule has 62 valence electrons. The molecule has 0 amide bonds. The highest BCUT2D eigenvalue weighted by atomic mass is 79.9. The summed E-state index contributed by atoms with van der Waals surface area (Å²) in [5.41, 5.74) is 2.76. The van der Waals surface area contributed by atoms with Crippen LogP contribution >= 0.6 is 17.0 Å². The van der Waals surface area contributed by atoms with Gasteiger partial charge in [-0.25, -0.2) is 0 Å². The summed E-state index contributed by atoms with van der Waals surface area (Å²) in [6, 6.07) is 0. The van der Waals surface area contributed by atoms with Gasteiger partial charge in [0.2, 0.25) is 0 Å². The van der Waals surface area contributed by atoms with Crippen molar-refractivity contribution in [1.29, 1.82) is 0 Å². The van der Waals surface area contributed by atoms with Crippen molar-refractivity contribution in [1.82, 2.24) is 0 Å². The quantitative estimate of drug-likeness (QED) is 0.589. The van der Waals surface area contributed by atoms with Gasteiger partial charge in [0.25, 0.3) is 0 Å². The van der Waals surface area contributed by atoms with Gasteiger partial charge in [-0.15, -0.1) is 17.0 Å². The number of halogens is 1. The minimum atomic E-state index is 0. The summed E-state index contributed by atoms with van der Waals surface area (Å²) in [6.07, 6.45) is 18.1. The largest absolute Gasteiger partial charge is 0.114 e. The third-order valence-electron chi connectivity index (χ3n) is 1.92. The lowest BCUT2D eigenvalue weighted by Gasteiger charge is -2.07. The summed E-state index contributed by atoms with van der Waals surface area (Å²) in [5, 5.41) is 0. The normalized spacial score (nSPS) is 18.7. The van der Waals surface area contributed by atoms with Crippen LogP contribution < -0.4 is 0 Å². The van der Waals surface area contributed by atoms with Gasteiger partial charge in [-0.05, 0) is 17.6 Å². The lowest BCUT2D eigenvalue weighted by Crippen LogP contribution is -1.87. The van der Waals surface area contributed by atoms with Gasteiger partial charge in [-0.3, -0.25) is 0 Å². The summed E-state index contributed by atoms with van der Waals surface area (Å²) in [7, 11) is 0. The molecule has 0 nitrogen and oxygen atoms in total. The molecule has 0 spiro atoms. The van der Waals surface area contributed by atoms with Crippen molar-refractivity contribution in [2.45, 2.75) is 6.42 Å². The molecule has 0 aliphatic heterocycles. The molecule has 0 atom stereocenters. The lowest BCUT2D eigenvalue weighted by atomic mass is 9.98. The first-order valence-corrected chi connectivity index (χ1v) is 3.88. The molecule has 2 aliphatic carbocycles. The number of rotatable bonds is 0. The first-order chi connectivity index (χ1) is 5.47. The number of hydrogen-bond donors (Lipinski definition) is 0. The van der Waals surface area contributed by atoms with Crippen LogP contribution in [0.1, 0.15) is 6.42 Å². The molecule has 0 saturated carbocycles. The zero-order valence-corrected chi connectivity index (χ0v) is 8.45. The summed E-state index contributed by atoms with van der Waals surface area (Å²) in [4.78, 5) is 0. The van der Waals surface area contributed by atoms with Crippen molar-refractivity contribution in [3.8, 4) is 0 Å². The van der Waals surface area contributed by atoms with Crippen molar-refractivity contribution in [2.24, 2.45) is 0 Å². The van der Waals surface area contributed by atoms with Crippen LogP contribution in [0, 0.1) is 0 Å². The Labute approximate surface area is 83.4 Å². The van der Waals surface area contributed by atoms with E-state index >= 15 is 0 Å². The van der Waals surface area contributed by atoms with E-state index in [2.05, 4.69) is 48.6 Å². The summed E-state index contributed by atoms with van der Waals surface area (Å²) in [5.74, 6) is 0. The highest BCUT2D eigenvalue weighted by Crippen LogP contribution is 2.21. The summed E-state index contributed by atoms with van der Waals surface area (Å²) >= 11 is 0. The molecule has 0 heterocycles. The van der Waals surface area contributed by atoms with E-state index in [1.165, 1.54) is 11.1 Å². The van der Waals surface area contributed by atoms with Gasteiger partial charge >= 0.3 is 0 Å². The van der Waals surface area contributed by atoms with Crippen LogP contribution in [0.3, 0.4) is 0 Å². The zero-order valence-electron chi connectivity index (χ0n) is 6.73. The van der Waals surface area contributed by atoms with E-state index in [1.54, 1.807) is 0 Å². The van der Waals surface area contributed by atoms with Gasteiger partial charge < -0.3 is 0 Å². The topological polar surface area (TPSA) is 0 Å². The van der Waals surface area contributed by atoms with Crippen molar-refractivity contribution in [2.75, 3.05) is 0 Å². The Morgan fingerprint density at radius 3 is 2.75 bits per heavy atom. The smallest absolute Gasteiger partial charge is 0.00884 e. The second-order valence-corrected chi connectivity index (χ2v) is 2.69. The van der Waals surface area contributed by atoms with Crippen molar-refractivity contribution in [3.63, 3.8) is 0 Å². The highest BCUT2D eigenvalue weighted by Gasteiger charge is 2.02. The number of allylic oxidation sites excluding steroid dienone is 10. The molecule has 0 N–H and O–H groups in total. The first kappa shape index (κ1) is 9.27. The van der Waals surface area contributed by atoms with Crippen LogP contribution in [0.2, 0.25) is 0 Å². The molecule has 1 heteroatoms. The molecule has 0 fully saturated rings. The highest BCUT2D eigenvalue weighted by molar-refractivity contribution is 8.93. The molecule has 0 saturated heterocycles. The van der Waals surface area contributed by atoms with Crippen LogP contribution in [0.25, 0.3) is 0 Å². The third-order valence-corrected chi connectivity index (χ3v) is 1.92. The second-order valence-electron chi connectivity index (χ2n) is 2.69. The standard InChI is InChI=1S/C11H10.BrH/c1-2-6-10-8-4-5-9-11(10)7-3-1;/h1-8H,9H2;1H. The van der Waals surface area contributed by atoms with E-state index in [9.17, 15) is 0 Å². The first-order valence-electron chi connectivity index (χ1n) is 3.88. The molecule has 0 bridgehead atoms. The van der Waals surface area contributed by atoms with Crippen LogP contribution in [0.4, 0.5) is 0 Å². The van der Waals surface area contributed by atoms with Gasteiger partial charge in [0, 0.05) is 0 Å². The van der Waals surface area contributed by atoms with E-state index in [4.69, 9.17) is 0 Å². The molecule has 0 radical (unpaired) electrons. The molecular weight excluding hydrogens is 212 g/mol. The molecule has 0 aromatic carbocycles. The van der Waals surface area contributed by atoms with Crippen LogP contribution in [0.5, 0.6) is 0 Å². The van der Waals surface area contributed by atoms with E-state index in [0.29, 0.717) is 0 Å². The Hall–Kier alpha value is -0.820. The Bertz CT molecular complexity index is 301. The summed E-state index contributed by atoms with van der Waals surface area (Å²) in [6.45, 7) is 0. The lowest BCUT2D eigenvalue weighted by molar-refractivity contribution is 1.22. The van der Waals surface area contributed by atoms with E-state index in [-0.39, 0.29) is 17.0 Å². The molecule has 2 rings (SSSR count). The van der Waals surface area contributed by atoms with Crippen molar-refractivity contribution < 1.29 is 0 Å². The Balaban J connectivity index is 0.000000720. The van der Waals surface area contributed by atoms with E-state index in [1.807, 2.05) is 0 Å². The van der Waals surface area contributed by atoms with Crippen LogP contribution in [-0.4, -0.2) is 0 Å². The average molecular weight is 223 g/mol. The van der Waals surface area contributed by atoms with Crippen molar-refractivity contribution >= 4 is 17.0 Å². The number of hydrogen-bond acceptors (Lipinski definition) is 0. The predicted molar refractivity (Wildman–Crippen MR) is 58.5 cm³/mol. The monoisotopic (exact) mass is 222 g/mol. The average Bonchev–Trinajstić information content (AvgIpc) is 2.28. The molecule has 2 aliphatic rings. The van der Waals surface area contributed by atoms with E-state index in [0.717, 1.165) is 6.42 Å². The Morgan fingerprint density at radius 2 is 1.83 bits per heavy atom. The molecule has 0 aromatic heterocycles. The van der Waals surface area contributed by atoms with E-state index < -0.39 is 0 Å². The van der Waals surface area contributed by atoms with Gasteiger partial charge in [0.15, 0.2) is 0 Å². The zero-order chi connectivity index (χ0) is 7.52. The summed E-state index contributed by atoms with van der Waals surface area (Å²) < 4.78 is 0. The third kappa shape index (κ3) is 1.86. The predicted octanol–water partition coefficient (Wildman–Crippen LogP) is 3.50. The van der Waals surface area contributed by atoms with Gasteiger partial charge in [0.05, 0.1) is 0 Å². The van der Waals surface area contributed by atoms with Gasteiger partial charge in [0.1, 0.15) is 0 Å². The SMILES string of the molecule is Br.C1=CC=C2CC=CC=C2C=C1. The Morgan fingerprint density at radius 1 is 0.917 bits per heavy atom. The maximum atomic E-state index is 2.18.